The van der Waals surface area contributed by atoms with E-state index in [0.29, 0.717) is 18.4 Å². The fourth-order valence-electron chi connectivity index (χ4n) is 2.87. The van der Waals surface area contributed by atoms with Crippen molar-refractivity contribution in [2.45, 2.75) is 19.4 Å². The van der Waals surface area contributed by atoms with Gasteiger partial charge < -0.3 is 5.32 Å². The van der Waals surface area contributed by atoms with Gasteiger partial charge in [0.1, 0.15) is 5.01 Å². The highest BCUT2D eigenvalue weighted by Gasteiger charge is 2.07. The Kier molecular flexibility index (Phi) is 5.20. The third-order valence-electron chi connectivity index (χ3n) is 4.30. The van der Waals surface area contributed by atoms with Gasteiger partial charge in [0.05, 0.1) is 18.1 Å². The summed E-state index contributed by atoms with van der Waals surface area (Å²) in [6.45, 7) is 1.30. The predicted molar refractivity (Wildman–Crippen MR) is 108 cm³/mol. The van der Waals surface area contributed by atoms with Gasteiger partial charge in [-0.1, -0.05) is 59.9 Å². The summed E-state index contributed by atoms with van der Waals surface area (Å²) >= 11 is 1.52. The van der Waals surface area contributed by atoms with Crippen LogP contribution in [0.1, 0.15) is 10.6 Å². The highest BCUT2D eigenvalue weighted by atomic mass is 32.1. The van der Waals surface area contributed by atoms with Crippen molar-refractivity contribution in [3.8, 4) is 0 Å². The highest BCUT2D eigenvalue weighted by molar-refractivity contribution is 7.15. The standard InChI is InChI=1S/C20H19N5OS/c26-19-17-9-5-4-8-16(17)14-22-25(19)13-11-18-23-24-20(27-18)21-12-10-15-6-2-1-3-7-15/h1-9,14H,10-13H2,(H,21,24). The molecule has 0 saturated heterocycles. The third kappa shape index (κ3) is 4.20. The largest absolute Gasteiger partial charge is 0.360 e. The van der Waals surface area contributed by atoms with E-state index >= 15 is 0 Å². The second kappa shape index (κ2) is 8.09. The zero-order chi connectivity index (χ0) is 18.5. The van der Waals surface area contributed by atoms with Gasteiger partial charge in [-0.3, -0.25) is 4.79 Å². The molecule has 0 atom stereocenters. The first kappa shape index (κ1) is 17.4. The average molecular weight is 377 g/mol. The van der Waals surface area contributed by atoms with Crippen molar-refractivity contribution < 1.29 is 0 Å². The molecule has 4 aromatic rings. The van der Waals surface area contributed by atoms with Gasteiger partial charge in [-0.15, -0.1) is 10.2 Å². The van der Waals surface area contributed by atoms with E-state index in [2.05, 4.69) is 32.7 Å². The zero-order valence-corrected chi connectivity index (χ0v) is 15.5. The number of rotatable bonds is 7. The normalized spacial score (nSPS) is 11.0. The SMILES string of the molecule is O=c1c2ccccc2cnn1CCc1nnc(NCCc2ccccc2)s1. The fourth-order valence-corrected chi connectivity index (χ4v) is 3.63. The van der Waals surface area contributed by atoms with Crippen molar-refractivity contribution in [1.82, 2.24) is 20.0 Å². The number of nitrogens with zero attached hydrogens (tertiary/aromatic N) is 4. The van der Waals surface area contributed by atoms with E-state index in [1.165, 1.54) is 21.6 Å². The molecular weight excluding hydrogens is 358 g/mol. The van der Waals surface area contributed by atoms with Gasteiger partial charge >= 0.3 is 0 Å². The molecule has 0 radical (unpaired) electrons. The van der Waals surface area contributed by atoms with E-state index in [1.807, 2.05) is 42.5 Å². The lowest BCUT2D eigenvalue weighted by Gasteiger charge is -2.04. The molecule has 6 nitrogen and oxygen atoms in total. The summed E-state index contributed by atoms with van der Waals surface area (Å²) in [5.41, 5.74) is 1.22. The molecule has 0 fully saturated rings. The summed E-state index contributed by atoms with van der Waals surface area (Å²) in [7, 11) is 0. The lowest BCUT2D eigenvalue weighted by atomic mass is 10.2. The summed E-state index contributed by atoms with van der Waals surface area (Å²) < 4.78 is 1.49. The van der Waals surface area contributed by atoms with Gasteiger partial charge in [0.25, 0.3) is 5.56 Å². The van der Waals surface area contributed by atoms with E-state index in [9.17, 15) is 4.79 Å². The van der Waals surface area contributed by atoms with Crippen LogP contribution >= 0.6 is 11.3 Å². The number of nitrogens with one attached hydrogen (secondary N) is 1. The molecule has 0 aliphatic carbocycles. The first-order valence-corrected chi connectivity index (χ1v) is 9.66. The van der Waals surface area contributed by atoms with Crippen molar-refractivity contribution in [1.29, 1.82) is 0 Å². The summed E-state index contributed by atoms with van der Waals surface area (Å²) in [4.78, 5) is 12.5. The second-order valence-electron chi connectivity index (χ2n) is 6.17. The Morgan fingerprint density at radius 3 is 2.67 bits per heavy atom. The topological polar surface area (TPSA) is 72.7 Å². The predicted octanol–water partition coefficient (Wildman–Crippen LogP) is 3.15. The quantitative estimate of drug-likeness (QED) is 0.536. The lowest BCUT2D eigenvalue weighted by molar-refractivity contribution is 0.581. The Balaban J connectivity index is 1.34. The Labute approximate surface area is 160 Å². The van der Waals surface area contributed by atoms with Gasteiger partial charge in [0, 0.05) is 18.4 Å². The Morgan fingerprint density at radius 1 is 0.963 bits per heavy atom. The minimum atomic E-state index is -0.0705. The van der Waals surface area contributed by atoms with Crippen molar-refractivity contribution >= 4 is 27.2 Å². The van der Waals surface area contributed by atoms with Crippen LogP contribution in [0.5, 0.6) is 0 Å². The van der Waals surface area contributed by atoms with Gasteiger partial charge in [-0.25, -0.2) is 4.68 Å². The maximum atomic E-state index is 12.5. The maximum Gasteiger partial charge on any atom is 0.274 e. The Morgan fingerprint density at radius 2 is 1.78 bits per heavy atom. The molecule has 7 heteroatoms. The van der Waals surface area contributed by atoms with Gasteiger partial charge in [0.15, 0.2) is 0 Å². The fraction of sp³-hybridized carbons (Fsp3) is 0.200. The van der Waals surface area contributed by atoms with Gasteiger partial charge in [0.2, 0.25) is 5.13 Å². The van der Waals surface area contributed by atoms with Crippen LogP contribution in [-0.4, -0.2) is 26.5 Å². The number of benzene rings is 2. The monoisotopic (exact) mass is 377 g/mol. The zero-order valence-electron chi connectivity index (χ0n) is 14.7. The van der Waals surface area contributed by atoms with Crippen molar-refractivity contribution in [2.75, 3.05) is 11.9 Å². The van der Waals surface area contributed by atoms with Crippen LogP contribution in [0.25, 0.3) is 10.8 Å². The molecule has 2 aromatic heterocycles. The van der Waals surface area contributed by atoms with Crippen LogP contribution in [0.2, 0.25) is 0 Å². The molecule has 0 unspecified atom stereocenters. The van der Waals surface area contributed by atoms with Gasteiger partial charge in [-0.2, -0.15) is 5.10 Å². The highest BCUT2D eigenvalue weighted by Crippen LogP contribution is 2.16. The van der Waals surface area contributed by atoms with Crippen LogP contribution < -0.4 is 10.9 Å². The molecule has 4 rings (SSSR count). The molecule has 0 spiro atoms. The molecule has 0 amide bonds. The van der Waals surface area contributed by atoms with E-state index < -0.39 is 0 Å². The van der Waals surface area contributed by atoms with Crippen LogP contribution in [0.3, 0.4) is 0 Å². The molecule has 136 valence electrons. The molecule has 2 heterocycles. The Bertz CT molecular complexity index is 1090. The van der Waals surface area contributed by atoms with Crippen LogP contribution in [-0.2, 0) is 19.4 Å². The van der Waals surface area contributed by atoms with E-state index in [1.54, 1.807) is 6.20 Å². The molecule has 0 aliphatic heterocycles. The molecular formula is C20H19N5OS. The van der Waals surface area contributed by atoms with E-state index in [4.69, 9.17) is 0 Å². The molecule has 0 aliphatic rings. The molecule has 27 heavy (non-hydrogen) atoms. The third-order valence-corrected chi connectivity index (χ3v) is 5.24. The summed E-state index contributed by atoms with van der Waals surface area (Å²) in [5.74, 6) is 0. The lowest BCUT2D eigenvalue weighted by Crippen LogP contribution is -2.23. The minimum absolute atomic E-state index is 0.0705. The molecule has 0 bridgehead atoms. The first-order chi connectivity index (χ1) is 13.3. The average Bonchev–Trinajstić information content (AvgIpc) is 3.16. The summed E-state index contributed by atoms with van der Waals surface area (Å²) in [5, 5.41) is 19.2. The first-order valence-electron chi connectivity index (χ1n) is 8.84. The summed E-state index contributed by atoms with van der Waals surface area (Å²) in [6, 6.07) is 17.8. The van der Waals surface area contributed by atoms with Crippen LogP contribution in [0.4, 0.5) is 5.13 Å². The minimum Gasteiger partial charge on any atom is -0.360 e. The number of aromatic nitrogens is 4. The Hall–Kier alpha value is -3.06. The maximum absolute atomic E-state index is 12.5. The van der Waals surface area contributed by atoms with Crippen molar-refractivity contribution in [3.05, 3.63) is 81.7 Å². The van der Waals surface area contributed by atoms with E-state index in [-0.39, 0.29) is 5.56 Å². The van der Waals surface area contributed by atoms with Crippen molar-refractivity contribution in [3.63, 3.8) is 0 Å². The van der Waals surface area contributed by atoms with Gasteiger partial charge in [-0.05, 0) is 18.1 Å². The molecule has 2 aromatic carbocycles. The van der Waals surface area contributed by atoms with Crippen LogP contribution in [0.15, 0.2) is 65.6 Å². The van der Waals surface area contributed by atoms with Crippen molar-refractivity contribution in [2.24, 2.45) is 0 Å². The van der Waals surface area contributed by atoms with Crippen LogP contribution in [0, 0.1) is 0 Å². The number of aryl methyl sites for hydroxylation is 2. The number of hydrogen-bond acceptors (Lipinski definition) is 6. The number of hydrogen-bond donors (Lipinski definition) is 1. The molecule has 0 saturated carbocycles. The smallest absolute Gasteiger partial charge is 0.274 e. The molecule has 1 N–H and O–H groups in total. The summed E-state index contributed by atoms with van der Waals surface area (Å²) in [6.07, 6.45) is 3.29. The van der Waals surface area contributed by atoms with E-state index in [0.717, 1.165) is 28.5 Å². The second-order valence-corrected chi connectivity index (χ2v) is 7.24. The number of anilines is 1. The number of fused-ring (bicyclic) bond motifs is 1.